The Morgan fingerprint density at radius 3 is 1.48 bits per heavy atom. The Morgan fingerprint density at radius 1 is 0.354 bits per heavy atom. The van der Waals surface area contributed by atoms with Crippen molar-refractivity contribution in [3.05, 3.63) is 158 Å². The average Bonchev–Trinajstić information content (AvgIpc) is 3.67. The summed E-state index contributed by atoms with van der Waals surface area (Å²) in [7, 11) is 0. The molecule has 6 nitrogen and oxygen atoms in total. The van der Waals surface area contributed by atoms with Gasteiger partial charge in [0.05, 0.1) is 0 Å². The Bertz CT molecular complexity index is 2370. The third kappa shape index (κ3) is 5.75. The van der Waals surface area contributed by atoms with Gasteiger partial charge in [0.1, 0.15) is 10.0 Å². The van der Waals surface area contributed by atoms with Gasteiger partial charge < -0.3 is 5.73 Å². The number of benzene rings is 6. The molecule has 6 aromatic carbocycles. The number of anilines is 1. The summed E-state index contributed by atoms with van der Waals surface area (Å²) in [6.07, 6.45) is 0. The number of rotatable bonds is 7. The zero-order valence-electron chi connectivity index (χ0n) is 25.7. The molecule has 0 saturated carbocycles. The highest BCUT2D eigenvalue weighted by Gasteiger charge is 2.19. The van der Waals surface area contributed by atoms with Gasteiger partial charge in [-0.2, -0.15) is 0 Å². The van der Waals surface area contributed by atoms with Crippen LogP contribution in [-0.4, -0.2) is 25.1 Å². The molecule has 0 aliphatic heterocycles. The second-order valence-electron chi connectivity index (χ2n) is 11.2. The van der Waals surface area contributed by atoms with Crippen LogP contribution >= 0.6 is 11.3 Å². The lowest BCUT2D eigenvalue weighted by molar-refractivity contribution is 1.07. The van der Waals surface area contributed by atoms with Crippen LogP contribution in [-0.2, 0) is 0 Å². The van der Waals surface area contributed by atoms with Crippen LogP contribution in [0.1, 0.15) is 0 Å². The second-order valence-corrected chi connectivity index (χ2v) is 12.2. The Labute approximate surface area is 282 Å². The molecule has 0 atom stereocenters. The van der Waals surface area contributed by atoms with Crippen LogP contribution in [0.5, 0.6) is 0 Å². The van der Waals surface area contributed by atoms with Gasteiger partial charge in [0.15, 0.2) is 17.5 Å². The zero-order chi connectivity index (χ0) is 32.3. The van der Waals surface area contributed by atoms with Gasteiger partial charge in [0.25, 0.3) is 0 Å². The van der Waals surface area contributed by atoms with E-state index in [1.165, 1.54) is 0 Å². The molecule has 0 fully saturated rings. The number of hydrogen-bond acceptors (Lipinski definition) is 7. The van der Waals surface area contributed by atoms with Crippen molar-refractivity contribution in [3.63, 3.8) is 0 Å². The lowest BCUT2D eigenvalue weighted by Crippen LogP contribution is -2.02. The lowest BCUT2D eigenvalue weighted by Gasteiger charge is -2.14. The van der Waals surface area contributed by atoms with Gasteiger partial charge >= 0.3 is 0 Å². The van der Waals surface area contributed by atoms with Crippen molar-refractivity contribution in [2.45, 2.75) is 0 Å². The third-order valence-corrected chi connectivity index (χ3v) is 9.14. The van der Waals surface area contributed by atoms with E-state index < -0.39 is 0 Å². The van der Waals surface area contributed by atoms with Gasteiger partial charge in [0, 0.05) is 39.1 Å². The smallest absolute Gasteiger partial charge is 0.164 e. The van der Waals surface area contributed by atoms with E-state index >= 15 is 0 Å². The summed E-state index contributed by atoms with van der Waals surface area (Å²) < 4.78 is 0. The van der Waals surface area contributed by atoms with Crippen LogP contribution in [0.3, 0.4) is 0 Å². The van der Waals surface area contributed by atoms with Crippen molar-refractivity contribution in [1.29, 1.82) is 0 Å². The molecule has 0 amide bonds. The lowest BCUT2D eigenvalue weighted by atomic mass is 9.96. The molecule has 2 aromatic heterocycles. The Hall–Kier alpha value is -6.31. The topological polar surface area (TPSA) is 90.5 Å². The fourth-order valence-electron chi connectivity index (χ4n) is 5.78. The average molecular weight is 637 g/mol. The predicted molar refractivity (Wildman–Crippen MR) is 196 cm³/mol. The van der Waals surface area contributed by atoms with Crippen molar-refractivity contribution in [2.75, 3.05) is 5.73 Å². The van der Waals surface area contributed by atoms with Crippen molar-refractivity contribution >= 4 is 17.0 Å². The minimum Gasteiger partial charge on any atom is -0.398 e. The van der Waals surface area contributed by atoms with Gasteiger partial charge in [-0.05, 0) is 28.8 Å². The van der Waals surface area contributed by atoms with Gasteiger partial charge in [-0.1, -0.05) is 157 Å². The molecule has 8 rings (SSSR count). The fraction of sp³-hybridized carbons (Fsp3) is 0. The molecule has 0 aliphatic carbocycles. The number of para-hydroxylation sites is 1. The molecule has 228 valence electrons. The van der Waals surface area contributed by atoms with Crippen molar-refractivity contribution < 1.29 is 0 Å². The van der Waals surface area contributed by atoms with E-state index in [9.17, 15) is 0 Å². The van der Waals surface area contributed by atoms with Crippen LogP contribution in [0.4, 0.5) is 5.69 Å². The van der Waals surface area contributed by atoms with Gasteiger partial charge in [-0.25, -0.2) is 15.0 Å². The van der Waals surface area contributed by atoms with E-state index in [4.69, 9.17) is 20.7 Å². The molecule has 7 heteroatoms. The number of nitrogen functional groups attached to an aromatic ring is 1. The van der Waals surface area contributed by atoms with Crippen LogP contribution in [0.2, 0.25) is 0 Å². The first-order chi connectivity index (χ1) is 23.7. The molecule has 0 radical (unpaired) electrons. The van der Waals surface area contributed by atoms with E-state index in [0.717, 1.165) is 60.1 Å². The highest BCUT2D eigenvalue weighted by Crippen LogP contribution is 2.38. The number of hydrogen-bond donors (Lipinski definition) is 1. The van der Waals surface area contributed by atoms with Crippen LogP contribution in [0, 0.1) is 0 Å². The molecule has 8 aromatic rings. The number of aromatic nitrogens is 5. The molecule has 0 unspecified atom stereocenters. The summed E-state index contributed by atoms with van der Waals surface area (Å²) >= 11 is 1.58. The molecule has 48 heavy (non-hydrogen) atoms. The molecule has 2 heterocycles. The first-order valence-electron chi connectivity index (χ1n) is 15.6. The molecular weight excluding hydrogens is 609 g/mol. The van der Waals surface area contributed by atoms with E-state index in [2.05, 4.69) is 64.8 Å². The quantitative estimate of drug-likeness (QED) is 0.175. The number of nitrogens with two attached hydrogens (primary N) is 1. The predicted octanol–water partition coefficient (Wildman–Crippen LogP) is 9.97. The summed E-state index contributed by atoms with van der Waals surface area (Å²) in [6.45, 7) is 0. The van der Waals surface area contributed by atoms with Crippen LogP contribution in [0.15, 0.2) is 158 Å². The minimum atomic E-state index is 0.573. The largest absolute Gasteiger partial charge is 0.398 e. The van der Waals surface area contributed by atoms with E-state index in [1.54, 1.807) is 11.3 Å². The second kappa shape index (κ2) is 12.8. The molecule has 2 N–H and O–H groups in total. The van der Waals surface area contributed by atoms with E-state index in [-0.39, 0.29) is 0 Å². The maximum absolute atomic E-state index is 6.45. The molecule has 0 bridgehead atoms. The highest BCUT2D eigenvalue weighted by molar-refractivity contribution is 7.17. The third-order valence-electron chi connectivity index (χ3n) is 8.12. The van der Waals surface area contributed by atoms with Gasteiger partial charge in [0.2, 0.25) is 0 Å². The summed E-state index contributed by atoms with van der Waals surface area (Å²) in [5.74, 6) is 1.75. The fourth-order valence-corrected chi connectivity index (χ4v) is 6.62. The summed E-state index contributed by atoms with van der Waals surface area (Å²) in [5, 5.41) is 10.8. The molecule has 0 aliphatic rings. The summed E-state index contributed by atoms with van der Waals surface area (Å²) in [4.78, 5) is 15.2. The van der Waals surface area contributed by atoms with Gasteiger partial charge in [-0.15, -0.1) is 10.2 Å². The highest BCUT2D eigenvalue weighted by atomic mass is 32.1. The number of nitrogens with zero attached hydrogens (tertiary/aromatic N) is 5. The SMILES string of the molecule is Nc1ccccc1-c1ccccc1-c1nc(-c2ccccc2)nc(-c2ccccc2-c2cccc(-c3nnc(-c4ccccc4)s3)c2)n1. The van der Waals surface area contributed by atoms with Crippen molar-refractivity contribution in [1.82, 2.24) is 25.1 Å². The molecule has 0 spiro atoms. The minimum absolute atomic E-state index is 0.573. The Balaban J connectivity index is 1.26. The Kier molecular flexibility index (Phi) is 7.78. The standard InChI is InChI=1S/C41H28N6S/c42-36-25-12-11-22-33(36)32-21-8-10-24-35(32)39-44-37(27-14-3-1-4-15-27)43-38(45-39)34-23-9-7-20-31(34)29-18-13-19-30(26-29)41-47-46-40(48-41)28-16-5-2-6-17-28/h1-26H,42H2. The Morgan fingerprint density at radius 2 is 0.812 bits per heavy atom. The van der Waals surface area contributed by atoms with E-state index in [1.807, 2.05) is 103 Å². The van der Waals surface area contributed by atoms with Crippen molar-refractivity contribution in [2.24, 2.45) is 0 Å². The summed E-state index contributed by atoms with van der Waals surface area (Å²) in [5.41, 5.74) is 15.8. The first kappa shape index (κ1) is 29.1. The molecular formula is C41H28N6S. The van der Waals surface area contributed by atoms with Gasteiger partial charge in [-0.3, -0.25) is 0 Å². The molecule has 0 saturated heterocycles. The normalized spacial score (nSPS) is 11.0. The van der Waals surface area contributed by atoms with Crippen LogP contribution < -0.4 is 5.73 Å². The zero-order valence-corrected chi connectivity index (χ0v) is 26.5. The maximum Gasteiger partial charge on any atom is 0.164 e. The van der Waals surface area contributed by atoms with Crippen molar-refractivity contribution in [3.8, 4) is 77.6 Å². The first-order valence-corrected chi connectivity index (χ1v) is 16.4. The maximum atomic E-state index is 6.45. The monoisotopic (exact) mass is 636 g/mol. The van der Waals surface area contributed by atoms with Crippen LogP contribution in [0.25, 0.3) is 77.6 Å². The van der Waals surface area contributed by atoms with E-state index in [0.29, 0.717) is 23.2 Å². The summed E-state index contributed by atoms with van der Waals surface area (Å²) in [6, 6.07) is 52.7.